The molecule has 3 aromatic rings. The Morgan fingerprint density at radius 1 is 0.969 bits per heavy atom. The highest BCUT2D eigenvalue weighted by Gasteiger charge is 2.22. The molecule has 7 nitrogen and oxygen atoms in total. The van der Waals surface area contributed by atoms with Crippen LogP contribution in [-0.2, 0) is 9.53 Å². The van der Waals surface area contributed by atoms with Crippen molar-refractivity contribution in [2.24, 2.45) is 0 Å². The largest absolute Gasteiger partial charge is 0.378 e. The number of hydrogen-bond acceptors (Lipinski definition) is 6. The zero-order chi connectivity index (χ0) is 22.2. The molecular formula is C25H29N5O2. The maximum atomic E-state index is 13.1. The average Bonchev–Trinajstić information content (AvgIpc) is 2.84. The number of carbonyl (C=O) groups is 1. The summed E-state index contributed by atoms with van der Waals surface area (Å²) in [6.07, 6.45) is 0. The van der Waals surface area contributed by atoms with Gasteiger partial charge in [0.15, 0.2) is 0 Å². The van der Waals surface area contributed by atoms with Crippen molar-refractivity contribution in [2.45, 2.75) is 12.8 Å². The van der Waals surface area contributed by atoms with Crippen LogP contribution >= 0.6 is 0 Å². The number of nitrogens with one attached hydrogen (secondary N) is 2. The van der Waals surface area contributed by atoms with Gasteiger partial charge in [0.25, 0.3) is 0 Å². The normalized spacial score (nSPS) is 13.8. The average molecular weight is 432 g/mol. The predicted molar refractivity (Wildman–Crippen MR) is 126 cm³/mol. The van der Waals surface area contributed by atoms with Gasteiger partial charge in [-0.1, -0.05) is 60.7 Å². The van der Waals surface area contributed by atoms with Crippen molar-refractivity contribution >= 4 is 17.7 Å². The molecular weight excluding hydrogens is 402 g/mol. The van der Waals surface area contributed by atoms with Crippen LogP contribution in [0.1, 0.15) is 22.7 Å². The molecule has 0 saturated carbocycles. The summed E-state index contributed by atoms with van der Waals surface area (Å²) in [7, 11) is 0. The SMILES string of the molecule is Cc1cc(N2CCOCC2)nc(NCCNC(=O)C(c2ccccc2)c2ccccc2)n1. The number of carbonyl (C=O) groups excluding carboxylic acids is 1. The zero-order valence-electron chi connectivity index (χ0n) is 18.3. The fourth-order valence-electron chi connectivity index (χ4n) is 3.83. The molecule has 4 rings (SSSR count). The zero-order valence-corrected chi connectivity index (χ0v) is 18.3. The third-order valence-corrected chi connectivity index (χ3v) is 5.41. The van der Waals surface area contributed by atoms with Gasteiger partial charge in [-0.05, 0) is 18.1 Å². The van der Waals surface area contributed by atoms with Crippen LogP contribution in [0.3, 0.4) is 0 Å². The number of anilines is 2. The van der Waals surface area contributed by atoms with E-state index in [2.05, 4.69) is 25.5 Å². The van der Waals surface area contributed by atoms with E-state index in [4.69, 9.17) is 4.74 Å². The van der Waals surface area contributed by atoms with Crippen LogP contribution < -0.4 is 15.5 Å². The fraction of sp³-hybridized carbons (Fsp3) is 0.320. The number of morpholine rings is 1. The lowest BCUT2D eigenvalue weighted by Crippen LogP contribution is -2.37. The van der Waals surface area contributed by atoms with Crippen molar-refractivity contribution in [3.63, 3.8) is 0 Å². The van der Waals surface area contributed by atoms with Gasteiger partial charge >= 0.3 is 0 Å². The second-order valence-corrected chi connectivity index (χ2v) is 7.76. The Morgan fingerprint density at radius 2 is 1.59 bits per heavy atom. The van der Waals surface area contributed by atoms with E-state index < -0.39 is 0 Å². The summed E-state index contributed by atoms with van der Waals surface area (Å²) in [6, 6.07) is 21.7. The molecule has 0 bridgehead atoms. The number of aryl methyl sites for hydroxylation is 1. The molecule has 1 saturated heterocycles. The fourth-order valence-corrected chi connectivity index (χ4v) is 3.83. The number of hydrogen-bond donors (Lipinski definition) is 2. The van der Waals surface area contributed by atoms with Gasteiger partial charge in [-0.2, -0.15) is 4.98 Å². The van der Waals surface area contributed by atoms with Gasteiger partial charge in [-0.3, -0.25) is 4.79 Å². The molecule has 0 spiro atoms. The molecule has 2 aromatic carbocycles. The highest BCUT2D eigenvalue weighted by molar-refractivity contribution is 5.87. The highest BCUT2D eigenvalue weighted by atomic mass is 16.5. The molecule has 32 heavy (non-hydrogen) atoms. The van der Waals surface area contributed by atoms with E-state index in [1.807, 2.05) is 73.7 Å². The van der Waals surface area contributed by atoms with Crippen LogP contribution in [0, 0.1) is 6.92 Å². The molecule has 7 heteroatoms. The van der Waals surface area contributed by atoms with Gasteiger partial charge < -0.3 is 20.3 Å². The summed E-state index contributed by atoms with van der Waals surface area (Å²) < 4.78 is 5.43. The Balaban J connectivity index is 1.36. The number of aromatic nitrogens is 2. The number of ether oxygens (including phenoxy) is 1. The van der Waals surface area contributed by atoms with Gasteiger partial charge in [0, 0.05) is 37.9 Å². The highest BCUT2D eigenvalue weighted by Crippen LogP contribution is 2.24. The molecule has 2 N–H and O–H groups in total. The first-order valence-electron chi connectivity index (χ1n) is 11.0. The van der Waals surface area contributed by atoms with Crippen LogP contribution in [-0.4, -0.2) is 55.3 Å². The predicted octanol–water partition coefficient (Wildman–Crippen LogP) is 2.98. The van der Waals surface area contributed by atoms with Crippen molar-refractivity contribution < 1.29 is 9.53 Å². The van der Waals surface area contributed by atoms with E-state index in [1.54, 1.807) is 0 Å². The van der Waals surface area contributed by atoms with Gasteiger partial charge in [0.2, 0.25) is 11.9 Å². The van der Waals surface area contributed by atoms with Crippen LogP contribution in [0.2, 0.25) is 0 Å². The summed E-state index contributed by atoms with van der Waals surface area (Å²) in [5.41, 5.74) is 2.85. The molecule has 2 heterocycles. The Hall–Kier alpha value is -3.45. The van der Waals surface area contributed by atoms with Gasteiger partial charge in [0.1, 0.15) is 5.82 Å². The smallest absolute Gasteiger partial charge is 0.232 e. The molecule has 0 atom stereocenters. The Labute approximate surface area is 188 Å². The topological polar surface area (TPSA) is 79.4 Å². The van der Waals surface area contributed by atoms with E-state index in [9.17, 15) is 4.79 Å². The minimum atomic E-state index is -0.347. The molecule has 0 aliphatic carbocycles. The van der Waals surface area contributed by atoms with Crippen LogP contribution in [0.5, 0.6) is 0 Å². The van der Waals surface area contributed by atoms with E-state index in [0.717, 1.165) is 35.7 Å². The lowest BCUT2D eigenvalue weighted by Gasteiger charge is -2.28. The van der Waals surface area contributed by atoms with Crippen molar-refractivity contribution in [3.8, 4) is 0 Å². The number of rotatable bonds is 8. The van der Waals surface area contributed by atoms with Gasteiger partial charge in [-0.15, -0.1) is 0 Å². The van der Waals surface area contributed by atoms with Crippen molar-refractivity contribution in [3.05, 3.63) is 83.6 Å². The summed E-state index contributed by atoms with van der Waals surface area (Å²) in [4.78, 5) is 24.4. The number of nitrogens with zero attached hydrogens (tertiary/aromatic N) is 3. The molecule has 1 amide bonds. The van der Waals surface area contributed by atoms with Crippen molar-refractivity contribution in [1.29, 1.82) is 0 Å². The Kier molecular flexibility index (Phi) is 7.30. The van der Waals surface area contributed by atoms with Crippen molar-refractivity contribution in [1.82, 2.24) is 15.3 Å². The maximum Gasteiger partial charge on any atom is 0.232 e. The quantitative estimate of drug-likeness (QED) is 0.534. The Morgan fingerprint density at radius 3 is 2.22 bits per heavy atom. The molecule has 1 fully saturated rings. The third-order valence-electron chi connectivity index (χ3n) is 5.41. The first kappa shape index (κ1) is 21.8. The lowest BCUT2D eigenvalue weighted by molar-refractivity contribution is -0.121. The molecule has 1 aliphatic rings. The summed E-state index contributed by atoms with van der Waals surface area (Å²) >= 11 is 0. The monoisotopic (exact) mass is 431 g/mol. The number of amides is 1. The Bertz CT molecular complexity index is 968. The van der Waals surface area contributed by atoms with E-state index >= 15 is 0 Å². The maximum absolute atomic E-state index is 13.1. The summed E-state index contributed by atoms with van der Waals surface area (Å²) in [5, 5.41) is 6.30. The molecule has 0 unspecified atom stereocenters. The molecule has 166 valence electrons. The first-order valence-corrected chi connectivity index (χ1v) is 11.0. The van der Waals surface area contributed by atoms with E-state index in [0.29, 0.717) is 32.3 Å². The van der Waals surface area contributed by atoms with Crippen molar-refractivity contribution in [2.75, 3.05) is 49.6 Å². The third kappa shape index (κ3) is 5.62. The first-order chi connectivity index (χ1) is 15.7. The second kappa shape index (κ2) is 10.7. The minimum absolute atomic E-state index is 0.0247. The molecule has 1 aliphatic heterocycles. The van der Waals surface area contributed by atoms with Gasteiger partial charge in [-0.25, -0.2) is 4.98 Å². The summed E-state index contributed by atoms with van der Waals surface area (Å²) in [6.45, 7) is 6.04. The minimum Gasteiger partial charge on any atom is -0.378 e. The van der Waals surface area contributed by atoms with E-state index in [1.165, 1.54) is 0 Å². The number of benzene rings is 2. The molecule has 1 aromatic heterocycles. The lowest BCUT2D eigenvalue weighted by atomic mass is 9.90. The van der Waals surface area contributed by atoms with Gasteiger partial charge in [0.05, 0.1) is 19.1 Å². The second-order valence-electron chi connectivity index (χ2n) is 7.76. The van der Waals surface area contributed by atoms with Crippen LogP contribution in [0.15, 0.2) is 66.7 Å². The van der Waals surface area contributed by atoms with Crippen LogP contribution in [0.4, 0.5) is 11.8 Å². The van der Waals surface area contributed by atoms with E-state index in [-0.39, 0.29) is 11.8 Å². The summed E-state index contributed by atoms with van der Waals surface area (Å²) in [5.74, 6) is 1.10. The standard InChI is InChI=1S/C25H29N5O2/c1-19-18-22(30-14-16-32-17-15-30)29-25(28-19)27-13-12-26-24(31)23(20-8-4-2-5-9-20)21-10-6-3-7-11-21/h2-11,18,23H,12-17H2,1H3,(H,26,31)(H,27,28,29). The van der Waals surface area contributed by atoms with Crippen LogP contribution in [0.25, 0.3) is 0 Å². The molecule has 0 radical (unpaired) electrons.